The van der Waals surface area contributed by atoms with Crippen molar-refractivity contribution in [1.29, 1.82) is 0 Å². The predicted molar refractivity (Wildman–Crippen MR) is 65.8 cm³/mol. The van der Waals surface area contributed by atoms with E-state index in [9.17, 15) is 14.7 Å². The lowest BCUT2D eigenvalue weighted by Crippen LogP contribution is -2.40. The van der Waals surface area contributed by atoms with Gasteiger partial charge in [-0.3, -0.25) is 9.59 Å². The molecule has 0 bridgehead atoms. The number of hydrogen-bond donors (Lipinski definition) is 3. The molecule has 0 fully saturated rings. The van der Waals surface area contributed by atoms with Gasteiger partial charge < -0.3 is 24.8 Å². The summed E-state index contributed by atoms with van der Waals surface area (Å²) in [6.45, 7) is 1.29. The molecule has 0 saturated heterocycles. The highest BCUT2D eigenvalue weighted by Gasteiger charge is 2.42. The van der Waals surface area contributed by atoms with Crippen molar-refractivity contribution in [3.05, 3.63) is 0 Å². The predicted octanol–water partition coefficient (Wildman–Crippen LogP) is -0.556. The van der Waals surface area contributed by atoms with Gasteiger partial charge in [-0.15, -0.1) is 0 Å². The number of aliphatic carboxylic acids is 1. The van der Waals surface area contributed by atoms with E-state index in [-0.39, 0.29) is 52.5 Å². The first kappa shape index (κ1) is 18.0. The fourth-order valence-electron chi connectivity index (χ4n) is 1.67. The number of ether oxygens (including phenoxy) is 2. The Morgan fingerprint density at radius 3 is 1.63 bits per heavy atom. The summed E-state index contributed by atoms with van der Waals surface area (Å²) in [4.78, 5) is 23.0. The molecule has 0 saturated carbocycles. The molecule has 7 heteroatoms. The summed E-state index contributed by atoms with van der Waals surface area (Å²) in [7, 11) is 0. The molecule has 0 unspecified atom stereocenters. The SMILES string of the molecule is CC(=O)C(CCOCCO)(CCOCCO)C(=O)O. The number of carboxylic acids is 1. The first-order valence-corrected chi connectivity index (χ1v) is 6.13. The third-order valence-electron chi connectivity index (χ3n) is 2.90. The van der Waals surface area contributed by atoms with E-state index in [0.717, 1.165) is 0 Å². The standard InChI is InChI=1S/C12H22O7/c1-10(15)12(11(16)17,2-6-18-8-4-13)3-7-19-9-5-14/h13-14H,2-9H2,1H3,(H,16,17). The fourth-order valence-corrected chi connectivity index (χ4v) is 1.67. The van der Waals surface area contributed by atoms with Crippen LogP contribution in [0.4, 0.5) is 0 Å². The average Bonchev–Trinajstić information content (AvgIpc) is 2.36. The molecule has 0 atom stereocenters. The quantitative estimate of drug-likeness (QED) is 0.324. The summed E-state index contributed by atoms with van der Waals surface area (Å²) in [5.74, 6) is -1.67. The molecular formula is C12H22O7. The molecule has 0 aromatic rings. The lowest BCUT2D eigenvalue weighted by molar-refractivity contribution is -0.157. The van der Waals surface area contributed by atoms with Crippen LogP contribution < -0.4 is 0 Å². The fraction of sp³-hybridized carbons (Fsp3) is 0.833. The van der Waals surface area contributed by atoms with Gasteiger partial charge in [0.15, 0.2) is 0 Å². The highest BCUT2D eigenvalue weighted by molar-refractivity contribution is 6.01. The zero-order valence-corrected chi connectivity index (χ0v) is 11.1. The van der Waals surface area contributed by atoms with Gasteiger partial charge in [0.25, 0.3) is 0 Å². The van der Waals surface area contributed by atoms with Crippen LogP contribution in [0.1, 0.15) is 19.8 Å². The van der Waals surface area contributed by atoms with Crippen molar-refractivity contribution < 1.29 is 34.4 Å². The Labute approximate surface area is 112 Å². The summed E-state index contributed by atoms with van der Waals surface area (Å²) in [5, 5.41) is 26.4. The van der Waals surface area contributed by atoms with Crippen LogP contribution in [0.15, 0.2) is 0 Å². The van der Waals surface area contributed by atoms with Gasteiger partial charge in [-0.25, -0.2) is 0 Å². The first-order valence-electron chi connectivity index (χ1n) is 6.13. The maximum absolute atomic E-state index is 11.6. The van der Waals surface area contributed by atoms with Gasteiger partial charge >= 0.3 is 5.97 Å². The number of rotatable bonds is 12. The molecule has 0 amide bonds. The molecule has 7 nitrogen and oxygen atoms in total. The van der Waals surface area contributed by atoms with Crippen LogP contribution in [0.5, 0.6) is 0 Å². The Hall–Kier alpha value is -1.02. The van der Waals surface area contributed by atoms with Crippen molar-refractivity contribution in [2.45, 2.75) is 19.8 Å². The first-order chi connectivity index (χ1) is 9.01. The lowest BCUT2D eigenvalue weighted by Gasteiger charge is -2.26. The number of aliphatic hydroxyl groups excluding tert-OH is 2. The third-order valence-corrected chi connectivity index (χ3v) is 2.90. The van der Waals surface area contributed by atoms with E-state index in [1.165, 1.54) is 6.92 Å². The Morgan fingerprint density at radius 2 is 1.37 bits per heavy atom. The van der Waals surface area contributed by atoms with Crippen molar-refractivity contribution in [3.8, 4) is 0 Å². The molecule has 3 N–H and O–H groups in total. The van der Waals surface area contributed by atoms with Crippen LogP contribution in [-0.4, -0.2) is 66.7 Å². The molecule has 0 rings (SSSR count). The molecule has 0 aliphatic heterocycles. The Kier molecular flexibility index (Phi) is 9.32. The number of carbonyl (C=O) groups excluding carboxylic acids is 1. The van der Waals surface area contributed by atoms with E-state index in [0.29, 0.717) is 0 Å². The third kappa shape index (κ3) is 6.11. The average molecular weight is 278 g/mol. The maximum Gasteiger partial charge on any atom is 0.317 e. The minimum Gasteiger partial charge on any atom is -0.480 e. The summed E-state index contributed by atoms with van der Waals surface area (Å²) in [5.41, 5.74) is -1.54. The lowest BCUT2D eigenvalue weighted by atomic mass is 9.78. The van der Waals surface area contributed by atoms with Crippen LogP contribution >= 0.6 is 0 Å². The van der Waals surface area contributed by atoms with Gasteiger partial charge in [0.1, 0.15) is 11.2 Å². The number of Topliss-reactive ketones (excluding diaryl/α,β-unsaturated/α-hetero) is 1. The zero-order chi connectivity index (χ0) is 14.7. The van der Waals surface area contributed by atoms with Gasteiger partial charge in [-0.1, -0.05) is 0 Å². The second-order valence-electron chi connectivity index (χ2n) is 4.12. The van der Waals surface area contributed by atoms with Crippen LogP contribution in [0.3, 0.4) is 0 Å². The monoisotopic (exact) mass is 278 g/mol. The maximum atomic E-state index is 11.6. The van der Waals surface area contributed by atoms with Crippen LogP contribution in [0, 0.1) is 5.41 Å². The Bertz CT molecular complexity index is 249. The van der Waals surface area contributed by atoms with Crippen LogP contribution in [0.25, 0.3) is 0 Å². The van der Waals surface area contributed by atoms with Crippen molar-refractivity contribution >= 4 is 11.8 Å². The molecule has 112 valence electrons. The summed E-state index contributed by atoms with van der Waals surface area (Å²) < 4.78 is 10.0. The number of carboxylic acid groups (broad SMARTS) is 1. The smallest absolute Gasteiger partial charge is 0.317 e. The number of hydrogen-bond acceptors (Lipinski definition) is 6. The number of aliphatic hydroxyl groups is 2. The van der Waals surface area contributed by atoms with Crippen molar-refractivity contribution in [1.82, 2.24) is 0 Å². The molecule has 0 heterocycles. The molecule has 0 radical (unpaired) electrons. The summed E-state index contributed by atoms with van der Waals surface area (Å²) >= 11 is 0. The van der Waals surface area contributed by atoms with Gasteiger partial charge in [-0.05, 0) is 19.8 Å². The Balaban J connectivity index is 4.51. The number of carbonyl (C=O) groups is 2. The van der Waals surface area contributed by atoms with Gasteiger partial charge in [0.05, 0.1) is 26.4 Å². The molecule has 0 aliphatic rings. The highest BCUT2D eigenvalue weighted by atomic mass is 16.5. The van der Waals surface area contributed by atoms with Crippen LogP contribution in [-0.2, 0) is 19.1 Å². The van der Waals surface area contributed by atoms with E-state index in [4.69, 9.17) is 19.7 Å². The normalized spacial score (nSPS) is 11.5. The van der Waals surface area contributed by atoms with Gasteiger partial charge in [0, 0.05) is 13.2 Å². The molecular weight excluding hydrogens is 256 g/mol. The molecule has 0 spiro atoms. The summed E-state index contributed by atoms with van der Waals surface area (Å²) in [6.07, 6.45) is 0.0559. The van der Waals surface area contributed by atoms with Gasteiger partial charge in [0.2, 0.25) is 0 Å². The zero-order valence-electron chi connectivity index (χ0n) is 11.1. The summed E-state index contributed by atoms with van der Waals surface area (Å²) in [6, 6.07) is 0. The van der Waals surface area contributed by atoms with E-state index in [2.05, 4.69) is 0 Å². The van der Waals surface area contributed by atoms with E-state index >= 15 is 0 Å². The van der Waals surface area contributed by atoms with E-state index in [1.807, 2.05) is 0 Å². The minimum absolute atomic E-state index is 0.0279. The number of ketones is 1. The molecule has 19 heavy (non-hydrogen) atoms. The molecule has 0 aliphatic carbocycles. The molecule has 0 aromatic heterocycles. The van der Waals surface area contributed by atoms with Crippen molar-refractivity contribution in [2.75, 3.05) is 39.6 Å². The van der Waals surface area contributed by atoms with E-state index < -0.39 is 17.2 Å². The molecule has 0 aromatic carbocycles. The van der Waals surface area contributed by atoms with E-state index in [1.54, 1.807) is 0 Å². The van der Waals surface area contributed by atoms with Crippen molar-refractivity contribution in [2.24, 2.45) is 5.41 Å². The van der Waals surface area contributed by atoms with Gasteiger partial charge in [-0.2, -0.15) is 0 Å². The topological polar surface area (TPSA) is 113 Å². The Morgan fingerprint density at radius 1 is 0.947 bits per heavy atom. The van der Waals surface area contributed by atoms with Crippen LogP contribution in [0.2, 0.25) is 0 Å². The largest absolute Gasteiger partial charge is 0.480 e. The minimum atomic E-state index is -1.54. The second kappa shape index (κ2) is 9.85. The van der Waals surface area contributed by atoms with Crippen molar-refractivity contribution in [3.63, 3.8) is 0 Å². The second-order valence-corrected chi connectivity index (χ2v) is 4.12. The highest BCUT2D eigenvalue weighted by Crippen LogP contribution is 2.28.